The van der Waals surface area contributed by atoms with E-state index in [0.29, 0.717) is 43.6 Å². The molecule has 3 fully saturated rings. The second-order valence-corrected chi connectivity index (χ2v) is 12.1. The van der Waals surface area contributed by atoms with Crippen LogP contribution in [-0.4, -0.2) is 83.9 Å². The Kier molecular flexibility index (Phi) is 8.17. The van der Waals surface area contributed by atoms with Gasteiger partial charge < -0.3 is 33.0 Å². The molecule has 6 rings (SSSR count). The van der Waals surface area contributed by atoms with Gasteiger partial charge in [0.2, 0.25) is 11.8 Å². The number of carbonyl (C=O) groups excluding carboxylic acids is 4. The Balaban J connectivity index is 1.25. The smallest absolute Gasteiger partial charge is 0.320 e. The summed E-state index contributed by atoms with van der Waals surface area (Å²) >= 11 is 0. The molecule has 2 saturated heterocycles. The zero-order valence-corrected chi connectivity index (χ0v) is 24.7. The maximum Gasteiger partial charge on any atom is 0.320 e. The molecular weight excluding hydrogens is 554 g/mol. The van der Waals surface area contributed by atoms with Crippen molar-refractivity contribution < 1.29 is 37.5 Å². The number of hydrogen-bond acceptors (Lipinski definition) is 8. The molecule has 4 atom stereocenters. The van der Waals surface area contributed by atoms with Crippen molar-refractivity contribution in [2.24, 2.45) is 17.3 Å². The molecule has 3 aliphatic heterocycles. The molecule has 4 aliphatic rings. The number of piperazine rings is 1. The Morgan fingerprint density at radius 2 is 1.70 bits per heavy atom. The van der Waals surface area contributed by atoms with Crippen LogP contribution in [0.25, 0.3) is 0 Å². The molecule has 11 heteroatoms. The summed E-state index contributed by atoms with van der Waals surface area (Å²) in [5.41, 5.74) is -0.658. The molecule has 43 heavy (non-hydrogen) atoms. The topological polar surface area (TPSA) is 123 Å². The van der Waals surface area contributed by atoms with Crippen LogP contribution in [0.1, 0.15) is 61.8 Å². The zero-order valence-electron chi connectivity index (χ0n) is 24.7. The maximum atomic E-state index is 14.2. The third-order valence-electron chi connectivity index (χ3n) is 9.69. The molecule has 11 nitrogen and oxygen atoms in total. The Bertz CT molecular complexity index is 1350. The van der Waals surface area contributed by atoms with Gasteiger partial charge in [0, 0.05) is 44.2 Å². The molecular formula is C32H39N3O8. The van der Waals surface area contributed by atoms with Crippen molar-refractivity contribution in [1.82, 2.24) is 14.7 Å². The van der Waals surface area contributed by atoms with E-state index >= 15 is 0 Å². The van der Waals surface area contributed by atoms with Gasteiger partial charge >= 0.3 is 5.97 Å². The highest BCUT2D eigenvalue weighted by molar-refractivity contribution is 5.93. The molecule has 230 valence electrons. The van der Waals surface area contributed by atoms with Crippen molar-refractivity contribution in [1.29, 1.82) is 0 Å². The molecule has 1 saturated carbocycles. The molecule has 0 radical (unpaired) electrons. The van der Waals surface area contributed by atoms with Crippen molar-refractivity contribution in [3.63, 3.8) is 0 Å². The minimum Gasteiger partial charge on any atom is -0.468 e. The van der Waals surface area contributed by atoms with Crippen LogP contribution < -0.4 is 0 Å². The summed E-state index contributed by atoms with van der Waals surface area (Å²) in [6.07, 6.45) is 8.58. The lowest BCUT2D eigenvalue weighted by Crippen LogP contribution is -2.60. The number of carbonyl (C=O) groups is 4. The van der Waals surface area contributed by atoms with E-state index in [1.54, 1.807) is 45.2 Å². The van der Waals surface area contributed by atoms with Gasteiger partial charge in [-0.05, 0) is 62.4 Å². The van der Waals surface area contributed by atoms with Gasteiger partial charge in [0.1, 0.15) is 11.2 Å². The van der Waals surface area contributed by atoms with Crippen LogP contribution in [0.15, 0.2) is 57.4 Å². The molecule has 1 aliphatic carbocycles. The van der Waals surface area contributed by atoms with Crippen LogP contribution in [0.3, 0.4) is 0 Å². The largest absolute Gasteiger partial charge is 0.468 e. The number of amides is 3. The number of furan rings is 2. The van der Waals surface area contributed by atoms with Crippen LogP contribution >= 0.6 is 0 Å². The number of piperidine rings is 1. The Labute approximate surface area is 250 Å². The van der Waals surface area contributed by atoms with E-state index < -0.39 is 23.4 Å². The SMILES string of the molecule is COC(=O)[C@]12C[C@H](CC(=O)N3CCN(C(=O)c4ccco4)CC3)C(=O)N(Cc3ccco3)C1=C[C@H](C1CCCC1)O[C@@H]2C. The first-order chi connectivity index (χ1) is 20.8. The number of hydrogen-bond donors (Lipinski definition) is 0. The predicted molar refractivity (Wildman–Crippen MR) is 152 cm³/mol. The highest BCUT2D eigenvalue weighted by atomic mass is 16.5. The second-order valence-electron chi connectivity index (χ2n) is 12.1. The van der Waals surface area contributed by atoms with E-state index in [0.717, 1.165) is 25.7 Å². The number of rotatable bonds is 7. The van der Waals surface area contributed by atoms with E-state index in [2.05, 4.69) is 0 Å². The fourth-order valence-electron chi connectivity index (χ4n) is 7.33. The van der Waals surface area contributed by atoms with Gasteiger partial charge in [0.25, 0.3) is 5.91 Å². The zero-order chi connectivity index (χ0) is 30.1. The lowest BCUT2D eigenvalue weighted by molar-refractivity contribution is -0.178. The van der Waals surface area contributed by atoms with Crippen LogP contribution in [0.2, 0.25) is 0 Å². The predicted octanol–water partition coefficient (Wildman–Crippen LogP) is 3.62. The van der Waals surface area contributed by atoms with Crippen LogP contribution in [-0.2, 0) is 30.4 Å². The van der Waals surface area contributed by atoms with Crippen LogP contribution in [0.4, 0.5) is 0 Å². The lowest BCUT2D eigenvalue weighted by atomic mass is 9.66. The van der Waals surface area contributed by atoms with Crippen molar-refractivity contribution in [2.45, 2.75) is 64.2 Å². The quantitative estimate of drug-likeness (QED) is 0.446. The third-order valence-corrected chi connectivity index (χ3v) is 9.69. The fraction of sp³-hybridized carbons (Fsp3) is 0.562. The average molecular weight is 594 g/mol. The molecule has 3 amide bonds. The number of nitrogens with zero attached hydrogens (tertiary/aromatic N) is 3. The third kappa shape index (κ3) is 5.39. The summed E-state index contributed by atoms with van der Waals surface area (Å²) in [5, 5.41) is 0. The van der Waals surface area contributed by atoms with Crippen molar-refractivity contribution in [3.8, 4) is 0 Å². The van der Waals surface area contributed by atoms with E-state index in [-0.39, 0.29) is 49.0 Å². The standard InChI is InChI=1S/C32H39N3O8/c1-21-32(31(39)40-2)19-23(17-28(36)33-11-13-34(14-12-33)30(38)25-10-6-16-42-25)29(37)35(20-24-9-5-15-41-24)27(32)18-26(43-21)22-7-3-4-8-22/h5-6,9-10,15-16,18,21-23,26H,3-4,7-8,11-14,17,19-20H2,1-2H3/t21-,23+,26-,32+/m1/s1. The Hall–Kier alpha value is -3.86. The Morgan fingerprint density at radius 1 is 1.00 bits per heavy atom. The fourth-order valence-corrected chi connectivity index (χ4v) is 7.33. The van der Waals surface area contributed by atoms with Crippen molar-refractivity contribution >= 4 is 23.7 Å². The number of likely N-dealkylation sites (tertiary alicyclic amines) is 1. The summed E-state index contributed by atoms with van der Waals surface area (Å²) in [5.74, 6) is -0.706. The average Bonchev–Trinajstić information content (AvgIpc) is 3.83. The van der Waals surface area contributed by atoms with Gasteiger partial charge in [-0.25, -0.2) is 0 Å². The monoisotopic (exact) mass is 593 g/mol. The molecule has 0 N–H and O–H groups in total. The maximum absolute atomic E-state index is 14.2. The van der Waals surface area contributed by atoms with E-state index in [9.17, 15) is 19.2 Å². The second kappa shape index (κ2) is 12.0. The van der Waals surface area contributed by atoms with Gasteiger partial charge in [-0.1, -0.05) is 12.8 Å². The van der Waals surface area contributed by atoms with Crippen molar-refractivity contribution in [2.75, 3.05) is 33.3 Å². The summed E-state index contributed by atoms with van der Waals surface area (Å²) in [6, 6.07) is 6.84. The molecule has 0 unspecified atom stereocenters. The summed E-state index contributed by atoms with van der Waals surface area (Å²) in [4.78, 5) is 59.1. The van der Waals surface area contributed by atoms with E-state index in [1.165, 1.54) is 13.4 Å². The van der Waals surface area contributed by atoms with Gasteiger partial charge in [-0.15, -0.1) is 0 Å². The van der Waals surface area contributed by atoms with Gasteiger partial charge in [0.05, 0.1) is 38.4 Å². The van der Waals surface area contributed by atoms with Gasteiger partial charge in [-0.2, -0.15) is 0 Å². The molecule has 0 spiro atoms. The summed E-state index contributed by atoms with van der Waals surface area (Å²) < 4.78 is 22.8. The van der Waals surface area contributed by atoms with Crippen molar-refractivity contribution in [3.05, 3.63) is 60.1 Å². The molecule has 5 heterocycles. The molecule has 2 aromatic heterocycles. The molecule has 0 bridgehead atoms. The van der Waals surface area contributed by atoms with Gasteiger partial charge in [-0.3, -0.25) is 19.2 Å². The minimum absolute atomic E-state index is 0.0651. The number of methoxy groups -OCH3 is 1. The number of esters is 1. The minimum atomic E-state index is -1.25. The highest BCUT2D eigenvalue weighted by Crippen LogP contribution is 2.52. The normalized spacial score (nSPS) is 28.0. The summed E-state index contributed by atoms with van der Waals surface area (Å²) in [6.45, 7) is 3.43. The lowest BCUT2D eigenvalue weighted by Gasteiger charge is -2.52. The van der Waals surface area contributed by atoms with Gasteiger partial charge in [0.15, 0.2) is 5.76 Å². The van der Waals surface area contributed by atoms with Crippen LogP contribution in [0.5, 0.6) is 0 Å². The molecule has 2 aromatic rings. The highest BCUT2D eigenvalue weighted by Gasteiger charge is 2.60. The number of ether oxygens (including phenoxy) is 2. The first-order valence-electron chi connectivity index (χ1n) is 15.2. The molecule has 0 aromatic carbocycles. The first kappa shape index (κ1) is 29.2. The Morgan fingerprint density at radius 3 is 2.35 bits per heavy atom. The van der Waals surface area contributed by atoms with E-state index in [4.69, 9.17) is 18.3 Å². The number of fused-ring (bicyclic) bond motifs is 1. The summed E-state index contributed by atoms with van der Waals surface area (Å²) in [7, 11) is 1.35. The van der Waals surface area contributed by atoms with E-state index in [1.807, 2.05) is 13.0 Å². The first-order valence-corrected chi connectivity index (χ1v) is 15.2. The van der Waals surface area contributed by atoms with Crippen LogP contribution in [0, 0.1) is 17.3 Å².